The Morgan fingerprint density at radius 1 is 1.00 bits per heavy atom. The van der Waals surface area contributed by atoms with Crippen molar-refractivity contribution in [3.63, 3.8) is 0 Å². The SMILES string of the molecule is N#CC1=C(N)Oc2cc(OC(=O)COc3ccc([N+](=O)[O-])cc3)ccc2C1c1cccc([N+](=O)[O-])c1. The molecule has 0 bridgehead atoms. The van der Waals surface area contributed by atoms with Crippen LogP contribution in [0.2, 0.25) is 0 Å². The zero-order valence-electron chi connectivity index (χ0n) is 18.3. The molecule has 0 fully saturated rings. The molecule has 1 aliphatic rings. The van der Waals surface area contributed by atoms with Crippen LogP contribution in [0.4, 0.5) is 11.4 Å². The number of nitro groups is 2. The standard InChI is InChI=1S/C24H16N4O8/c25-12-20-23(14-2-1-3-16(10-14)28(32)33)19-9-8-18(11-21(19)36-24(20)26)35-22(29)13-34-17-6-4-15(5-7-17)27(30)31/h1-11,23H,13,26H2. The highest BCUT2D eigenvalue weighted by Gasteiger charge is 2.32. The van der Waals surface area contributed by atoms with Gasteiger partial charge in [0.15, 0.2) is 6.61 Å². The molecule has 2 N–H and O–H groups in total. The number of carbonyl (C=O) groups is 1. The molecule has 4 rings (SSSR count). The van der Waals surface area contributed by atoms with E-state index >= 15 is 0 Å². The molecule has 0 radical (unpaired) electrons. The molecule has 12 heteroatoms. The molecule has 3 aromatic carbocycles. The molecular formula is C24H16N4O8. The second kappa shape index (κ2) is 9.82. The van der Waals surface area contributed by atoms with Gasteiger partial charge in [0.05, 0.1) is 15.8 Å². The van der Waals surface area contributed by atoms with E-state index in [1.54, 1.807) is 12.1 Å². The first-order valence-corrected chi connectivity index (χ1v) is 10.3. The van der Waals surface area contributed by atoms with Gasteiger partial charge in [0.25, 0.3) is 11.4 Å². The lowest BCUT2D eigenvalue weighted by Gasteiger charge is -2.26. The molecule has 1 aliphatic heterocycles. The van der Waals surface area contributed by atoms with E-state index in [1.807, 2.05) is 6.07 Å². The van der Waals surface area contributed by atoms with Gasteiger partial charge in [0, 0.05) is 35.9 Å². The Labute approximate surface area is 203 Å². The number of rotatable bonds is 7. The number of nitrogens with two attached hydrogens (primary N) is 1. The van der Waals surface area contributed by atoms with Gasteiger partial charge in [0.1, 0.15) is 28.9 Å². The van der Waals surface area contributed by atoms with Crippen LogP contribution in [0.3, 0.4) is 0 Å². The summed E-state index contributed by atoms with van der Waals surface area (Å²) in [4.78, 5) is 33.1. The number of nitriles is 1. The van der Waals surface area contributed by atoms with Crippen LogP contribution < -0.4 is 19.9 Å². The van der Waals surface area contributed by atoms with Crippen LogP contribution in [0.5, 0.6) is 17.2 Å². The van der Waals surface area contributed by atoms with Gasteiger partial charge >= 0.3 is 5.97 Å². The molecule has 0 aromatic heterocycles. The summed E-state index contributed by atoms with van der Waals surface area (Å²) in [6.07, 6.45) is 0. The smallest absolute Gasteiger partial charge is 0.349 e. The third-order valence-electron chi connectivity index (χ3n) is 5.24. The highest BCUT2D eigenvalue weighted by Crippen LogP contribution is 2.44. The van der Waals surface area contributed by atoms with E-state index in [-0.39, 0.29) is 40.1 Å². The Morgan fingerprint density at radius 3 is 2.36 bits per heavy atom. The van der Waals surface area contributed by atoms with Crippen LogP contribution in [0.15, 0.2) is 78.2 Å². The number of carbonyl (C=O) groups excluding carboxylic acids is 1. The Bertz CT molecular complexity index is 1440. The van der Waals surface area contributed by atoms with Crippen molar-refractivity contribution in [3.8, 4) is 23.3 Å². The molecule has 0 aliphatic carbocycles. The van der Waals surface area contributed by atoms with Crippen molar-refractivity contribution in [2.75, 3.05) is 6.61 Å². The maximum Gasteiger partial charge on any atom is 0.349 e. The molecule has 36 heavy (non-hydrogen) atoms. The molecule has 0 spiro atoms. The Hall–Kier alpha value is -5.44. The van der Waals surface area contributed by atoms with Gasteiger partial charge in [-0.25, -0.2) is 4.79 Å². The predicted octanol–water partition coefficient (Wildman–Crippen LogP) is 3.71. The van der Waals surface area contributed by atoms with Gasteiger partial charge in [-0.15, -0.1) is 0 Å². The number of ether oxygens (including phenoxy) is 3. The van der Waals surface area contributed by atoms with E-state index in [1.165, 1.54) is 54.6 Å². The van der Waals surface area contributed by atoms with E-state index < -0.39 is 28.3 Å². The van der Waals surface area contributed by atoms with E-state index in [9.17, 15) is 30.3 Å². The van der Waals surface area contributed by atoms with Gasteiger partial charge in [-0.2, -0.15) is 5.26 Å². The van der Waals surface area contributed by atoms with Crippen LogP contribution >= 0.6 is 0 Å². The lowest BCUT2D eigenvalue weighted by molar-refractivity contribution is -0.385. The summed E-state index contributed by atoms with van der Waals surface area (Å²) in [7, 11) is 0. The monoisotopic (exact) mass is 488 g/mol. The minimum absolute atomic E-state index is 0.0873. The molecule has 0 saturated heterocycles. The fourth-order valence-electron chi connectivity index (χ4n) is 3.63. The van der Waals surface area contributed by atoms with E-state index in [4.69, 9.17) is 19.9 Å². The van der Waals surface area contributed by atoms with E-state index in [0.29, 0.717) is 11.1 Å². The van der Waals surface area contributed by atoms with Crippen molar-refractivity contribution in [2.24, 2.45) is 5.73 Å². The quantitative estimate of drug-likeness (QED) is 0.223. The van der Waals surface area contributed by atoms with Gasteiger partial charge in [-0.1, -0.05) is 18.2 Å². The number of nitrogens with zero attached hydrogens (tertiary/aromatic N) is 3. The van der Waals surface area contributed by atoms with Crippen molar-refractivity contribution >= 4 is 17.3 Å². The summed E-state index contributed by atoms with van der Waals surface area (Å²) >= 11 is 0. The molecule has 0 saturated carbocycles. The zero-order chi connectivity index (χ0) is 25.8. The molecule has 0 amide bonds. The molecule has 12 nitrogen and oxygen atoms in total. The van der Waals surface area contributed by atoms with Crippen LogP contribution in [-0.4, -0.2) is 22.4 Å². The van der Waals surface area contributed by atoms with E-state index in [0.717, 1.165) is 0 Å². The second-order valence-corrected chi connectivity index (χ2v) is 7.49. The van der Waals surface area contributed by atoms with E-state index in [2.05, 4.69) is 0 Å². The van der Waals surface area contributed by atoms with Crippen LogP contribution in [0, 0.1) is 31.6 Å². The molecule has 1 heterocycles. The molecule has 3 aromatic rings. The predicted molar refractivity (Wildman–Crippen MR) is 123 cm³/mol. The summed E-state index contributed by atoms with van der Waals surface area (Å²) < 4.78 is 16.1. The summed E-state index contributed by atoms with van der Waals surface area (Å²) in [5.41, 5.74) is 6.75. The maximum absolute atomic E-state index is 12.2. The topological polar surface area (TPSA) is 181 Å². The Morgan fingerprint density at radius 2 is 1.69 bits per heavy atom. The van der Waals surface area contributed by atoms with Gasteiger partial charge in [-0.05, 0) is 23.8 Å². The van der Waals surface area contributed by atoms with Crippen LogP contribution in [0.25, 0.3) is 0 Å². The second-order valence-electron chi connectivity index (χ2n) is 7.49. The first-order valence-electron chi connectivity index (χ1n) is 10.3. The third kappa shape index (κ3) is 4.90. The number of esters is 1. The molecule has 1 atom stereocenters. The normalized spacial score (nSPS) is 14.1. The molecular weight excluding hydrogens is 472 g/mol. The van der Waals surface area contributed by atoms with Crippen molar-refractivity contribution < 1.29 is 28.9 Å². The molecule has 180 valence electrons. The van der Waals surface area contributed by atoms with Crippen molar-refractivity contribution in [1.82, 2.24) is 0 Å². The fourth-order valence-corrected chi connectivity index (χ4v) is 3.63. The third-order valence-corrected chi connectivity index (χ3v) is 5.24. The summed E-state index contributed by atoms with van der Waals surface area (Å²) in [5, 5.41) is 31.6. The van der Waals surface area contributed by atoms with Crippen LogP contribution in [0.1, 0.15) is 17.0 Å². The Kier molecular flexibility index (Phi) is 6.47. The summed E-state index contributed by atoms with van der Waals surface area (Å²) in [6, 6.07) is 17.5. The number of hydrogen-bond acceptors (Lipinski definition) is 10. The average molecular weight is 488 g/mol. The largest absolute Gasteiger partial charge is 0.482 e. The number of nitro benzene ring substituents is 2. The van der Waals surface area contributed by atoms with Crippen LogP contribution in [-0.2, 0) is 4.79 Å². The number of fused-ring (bicyclic) bond motifs is 1. The van der Waals surface area contributed by atoms with Gasteiger partial charge in [-0.3, -0.25) is 20.2 Å². The van der Waals surface area contributed by atoms with Crippen molar-refractivity contribution in [1.29, 1.82) is 5.26 Å². The number of hydrogen-bond donors (Lipinski definition) is 1. The number of non-ortho nitro benzene ring substituents is 2. The van der Waals surface area contributed by atoms with Crippen molar-refractivity contribution in [2.45, 2.75) is 5.92 Å². The van der Waals surface area contributed by atoms with Gasteiger partial charge < -0.3 is 19.9 Å². The lowest BCUT2D eigenvalue weighted by atomic mass is 9.83. The highest BCUT2D eigenvalue weighted by molar-refractivity contribution is 5.74. The highest BCUT2D eigenvalue weighted by atomic mass is 16.6. The van der Waals surface area contributed by atoms with Crippen molar-refractivity contribution in [3.05, 3.63) is 110 Å². The number of benzene rings is 3. The fraction of sp³-hybridized carbons (Fsp3) is 0.0833. The first-order chi connectivity index (χ1) is 17.3. The Balaban J connectivity index is 1.53. The lowest BCUT2D eigenvalue weighted by Crippen LogP contribution is -2.21. The summed E-state index contributed by atoms with van der Waals surface area (Å²) in [5.74, 6) is -1.09. The molecule has 1 unspecified atom stereocenters. The first kappa shape index (κ1) is 23.7. The average Bonchev–Trinajstić information content (AvgIpc) is 2.86. The minimum atomic E-state index is -0.749. The number of allylic oxidation sites excluding steroid dienone is 1. The summed E-state index contributed by atoms with van der Waals surface area (Å²) in [6.45, 7) is -0.466. The zero-order valence-corrected chi connectivity index (χ0v) is 18.3. The van der Waals surface area contributed by atoms with Gasteiger partial charge in [0.2, 0.25) is 5.88 Å². The minimum Gasteiger partial charge on any atom is -0.482 e. The maximum atomic E-state index is 12.2.